The van der Waals surface area contributed by atoms with Crippen molar-refractivity contribution >= 4 is 40.9 Å². The van der Waals surface area contributed by atoms with Gasteiger partial charge in [0.05, 0.1) is 13.2 Å². The first-order chi connectivity index (χ1) is 16.8. The number of hydrogen-bond acceptors (Lipinski definition) is 5. The predicted molar refractivity (Wildman–Crippen MR) is 138 cm³/mol. The van der Waals surface area contributed by atoms with Crippen molar-refractivity contribution in [2.45, 2.75) is 26.6 Å². The van der Waals surface area contributed by atoms with Gasteiger partial charge in [0.15, 0.2) is 11.5 Å². The van der Waals surface area contributed by atoms with Crippen LogP contribution in [0.2, 0.25) is 10.0 Å². The summed E-state index contributed by atoms with van der Waals surface area (Å²) in [4.78, 5) is 12.7. The molecule has 0 aliphatic carbocycles. The lowest BCUT2D eigenvalue weighted by Crippen LogP contribution is -2.13. The molecule has 3 rings (SSSR count). The maximum absolute atomic E-state index is 12.7. The number of amides is 1. The van der Waals surface area contributed by atoms with Crippen LogP contribution in [0.25, 0.3) is 6.08 Å². The molecule has 0 atom stereocenters. The number of carbonyl (C=O) groups is 1. The zero-order valence-corrected chi connectivity index (χ0v) is 21.0. The highest BCUT2D eigenvalue weighted by molar-refractivity contribution is 6.35. The molecule has 1 amide bonds. The van der Waals surface area contributed by atoms with Gasteiger partial charge in [0, 0.05) is 27.4 Å². The highest BCUT2D eigenvalue weighted by atomic mass is 35.5. The molecule has 3 aromatic carbocycles. The van der Waals surface area contributed by atoms with Crippen molar-refractivity contribution in [2.24, 2.45) is 0 Å². The highest BCUT2D eigenvalue weighted by Crippen LogP contribution is 2.31. The van der Waals surface area contributed by atoms with Crippen LogP contribution in [0, 0.1) is 11.3 Å². The normalized spacial score (nSPS) is 11.1. The van der Waals surface area contributed by atoms with Crippen molar-refractivity contribution in [2.75, 3.05) is 12.4 Å². The van der Waals surface area contributed by atoms with Gasteiger partial charge in [-0.15, -0.1) is 0 Å². The summed E-state index contributed by atoms with van der Waals surface area (Å²) < 4.78 is 16.9. The summed E-state index contributed by atoms with van der Waals surface area (Å²) in [6.45, 7) is 4.05. The molecule has 0 bridgehead atoms. The molecule has 0 heterocycles. The van der Waals surface area contributed by atoms with E-state index in [-0.39, 0.29) is 18.3 Å². The first kappa shape index (κ1) is 26.0. The standard InChI is InChI=1S/C27H24Cl2N2O4/c1-17(2)35-23-6-4-5-22(14-23)31-27(32)20(15-30)11-18-7-10-25(26(12-18)33-3)34-16-19-8-9-21(28)13-24(19)29/h4-14,17H,16H2,1-3H3,(H,31,32)/b20-11-. The van der Waals surface area contributed by atoms with E-state index in [2.05, 4.69) is 5.32 Å². The van der Waals surface area contributed by atoms with Crippen molar-refractivity contribution < 1.29 is 19.0 Å². The van der Waals surface area contributed by atoms with Crippen LogP contribution in [0.4, 0.5) is 5.69 Å². The quantitative estimate of drug-likeness (QED) is 0.249. The van der Waals surface area contributed by atoms with Crippen LogP contribution in [0.5, 0.6) is 17.2 Å². The Hall–Kier alpha value is -3.66. The molecule has 0 aliphatic rings. The number of nitrogens with one attached hydrogen (secondary N) is 1. The zero-order chi connectivity index (χ0) is 25.4. The molecule has 0 spiro atoms. The molecule has 6 nitrogen and oxygen atoms in total. The maximum Gasteiger partial charge on any atom is 0.266 e. The van der Waals surface area contributed by atoms with Crippen LogP contribution >= 0.6 is 23.2 Å². The van der Waals surface area contributed by atoms with Crippen molar-refractivity contribution in [3.63, 3.8) is 0 Å². The molecule has 0 saturated carbocycles. The van der Waals surface area contributed by atoms with Crippen LogP contribution in [0.3, 0.4) is 0 Å². The lowest BCUT2D eigenvalue weighted by Gasteiger charge is -2.13. The molecule has 3 aromatic rings. The first-order valence-corrected chi connectivity index (χ1v) is 11.5. The van der Waals surface area contributed by atoms with Gasteiger partial charge in [0.25, 0.3) is 5.91 Å². The second-order valence-corrected chi connectivity index (χ2v) is 8.60. The molecule has 180 valence electrons. The number of hydrogen-bond donors (Lipinski definition) is 1. The Balaban J connectivity index is 1.74. The van der Waals surface area contributed by atoms with E-state index in [1.165, 1.54) is 13.2 Å². The SMILES string of the molecule is COc1cc(/C=C(/C#N)C(=O)Nc2cccc(OC(C)C)c2)ccc1OCc1ccc(Cl)cc1Cl. The van der Waals surface area contributed by atoms with Gasteiger partial charge in [-0.3, -0.25) is 4.79 Å². The minimum absolute atomic E-state index is 0.000579. The molecule has 0 unspecified atom stereocenters. The fraction of sp³-hybridized carbons (Fsp3) is 0.185. The molecule has 35 heavy (non-hydrogen) atoms. The van der Waals surface area contributed by atoms with E-state index < -0.39 is 5.91 Å². The third-order valence-corrected chi connectivity index (χ3v) is 5.31. The molecule has 0 aromatic heterocycles. The topological polar surface area (TPSA) is 80.6 Å². The summed E-state index contributed by atoms with van der Waals surface area (Å²) in [6, 6.07) is 19.2. The van der Waals surface area contributed by atoms with Crippen LogP contribution in [-0.4, -0.2) is 19.1 Å². The average molecular weight is 511 g/mol. The number of methoxy groups -OCH3 is 1. The molecular formula is C27H24Cl2N2O4. The lowest BCUT2D eigenvalue weighted by molar-refractivity contribution is -0.112. The largest absolute Gasteiger partial charge is 0.493 e. The van der Waals surface area contributed by atoms with E-state index in [4.69, 9.17) is 37.4 Å². The summed E-state index contributed by atoms with van der Waals surface area (Å²) in [5.41, 5.74) is 1.83. The number of ether oxygens (including phenoxy) is 3. The van der Waals surface area contributed by atoms with Crippen molar-refractivity contribution in [3.05, 3.63) is 87.4 Å². The van der Waals surface area contributed by atoms with Crippen LogP contribution in [0.15, 0.2) is 66.2 Å². The number of benzene rings is 3. The fourth-order valence-corrected chi connectivity index (χ4v) is 3.58. The number of anilines is 1. The molecule has 0 saturated heterocycles. The van der Waals surface area contributed by atoms with Crippen LogP contribution in [-0.2, 0) is 11.4 Å². The Morgan fingerprint density at radius 2 is 1.89 bits per heavy atom. The van der Waals surface area contributed by atoms with Gasteiger partial charge in [-0.25, -0.2) is 0 Å². The highest BCUT2D eigenvalue weighted by Gasteiger charge is 2.12. The number of nitrogens with zero attached hydrogens (tertiary/aromatic N) is 1. The van der Waals surface area contributed by atoms with E-state index in [1.54, 1.807) is 60.7 Å². The summed E-state index contributed by atoms with van der Waals surface area (Å²) in [5, 5.41) is 13.3. The third-order valence-electron chi connectivity index (χ3n) is 4.73. The summed E-state index contributed by atoms with van der Waals surface area (Å²) >= 11 is 12.1. The van der Waals surface area contributed by atoms with Gasteiger partial charge >= 0.3 is 0 Å². The van der Waals surface area contributed by atoms with Gasteiger partial charge in [0.1, 0.15) is 24.0 Å². The molecule has 0 aliphatic heterocycles. The number of rotatable bonds is 9. The number of carbonyl (C=O) groups excluding carboxylic acids is 1. The van der Waals surface area contributed by atoms with E-state index in [9.17, 15) is 10.1 Å². The van der Waals surface area contributed by atoms with Crippen molar-refractivity contribution in [1.82, 2.24) is 0 Å². The second kappa shape index (κ2) is 12.2. The Bertz CT molecular complexity index is 1280. The predicted octanol–water partition coefficient (Wildman–Crippen LogP) is 6.91. The molecule has 0 fully saturated rings. The smallest absolute Gasteiger partial charge is 0.266 e. The molecule has 8 heteroatoms. The minimum Gasteiger partial charge on any atom is -0.493 e. The third kappa shape index (κ3) is 7.41. The Labute approximate surface area is 214 Å². The van der Waals surface area contributed by atoms with Crippen molar-refractivity contribution in [3.8, 4) is 23.3 Å². The first-order valence-electron chi connectivity index (χ1n) is 10.7. The second-order valence-electron chi connectivity index (χ2n) is 7.75. The minimum atomic E-state index is -0.536. The van der Waals surface area contributed by atoms with Crippen molar-refractivity contribution in [1.29, 1.82) is 5.26 Å². The monoisotopic (exact) mass is 510 g/mol. The van der Waals surface area contributed by atoms with E-state index in [0.717, 1.165) is 5.56 Å². The van der Waals surface area contributed by atoms with Crippen LogP contribution in [0.1, 0.15) is 25.0 Å². The fourth-order valence-electron chi connectivity index (χ4n) is 3.12. The lowest BCUT2D eigenvalue weighted by atomic mass is 10.1. The summed E-state index contributed by atoms with van der Waals surface area (Å²) in [5.74, 6) is 1.02. The van der Waals surface area contributed by atoms with E-state index in [1.807, 2.05) is 19.9 Å². The molecular weight excluding hydrogens is 487 g/mol. The zero-order valence-electron chi connectivity index (χ0n) is 19.5. The van der Waals surface area contributed by atoms with Gasteiger partial charge in [0.2, 0.25) is 0 Å². The van der Waals surface area contributed by atoms with Gasteiger partial charge in [-0.05, 0) is 61.9 Å². The summed E-state index contributed by atoms with van der Waals surface area (Å²) in [7, 11) is 1.51. The van der Waals surface area contributed by atoms with E-state index >= 15 is 0 Å². The van der Waals surface area contributed by atoms with Gasteiger partial charge in [-0.2, -0.15) is 5.26 Å². The number of halogens is 2. The molecule has 1 N–H and O–H groups in total. The number of nitriles is 1. The van der Waals surface area contributed by atoms with Gasteiger partial charge in [-0.1, -0.05) is 41.4 Å². The van der Waals surface area contributed by atoms with Crippen LogP contribution < -0.4 is 19.5 Å². The van der Waals surface area contributed by atoms with E-state index in [0.29, 0.717) is 38.5 Å². The van der Waals surface area contributed by atoms with Gasteiger partial charge < -0.3 is 19.5 Å². The summed E-state index contributed by atoms with van der Waals surface area (Å²) in [6.07, 6.45) is 1.48. The Morgan fingerprint density at radius 1 is 1.09 bits per heavy atom. The Kier molecular flexibility index (Phi) is 9.02. The molecule has 0 radical (unpaired) electrons. The average Bonchev–Trinajstić information content (AvgIpc) is 2.82. The Morgan fingerprint density at radius 3 is 2.57 bits per heavy atom. The maximum atomic E-state index is 12.7.